The number of nitrogens with one attached hydrogen (secondary N) is 1. The van der Waals surface area contributed by atoms with Gasteiger partial charge in [0.2, 0.25) is 5.91 Å². The Morgan fingerprint density at radius 2 is 2.28 bits per heavy atom. The molecule has 1 atom stereocenters. The van der Waals surface area contributed by atoms with Gasteiger partial charge in [-0.3, -0.25) is 9.48 Å². The number of aryl methyl sites for hydroxylation is 2. The standard InChI is InChI=1S/C11H13BrN4O2/c1-6-4-10(15-18-6)13-11(17)8(3)16-5-9(12)7(2)14-16/h4-5,8H,1-3H3,(H,13,15,17). The molecule has 2 rings (SSSR count). The average molecular weight is 313 g/mol. The summed E-state index contributed by atoms with van der Waals surface area (Å²) < 4.78 is 7.35. The Kier molecular flexibility index (Phi) is 3.51. The molecule has 2 aromatic rings. The van der Waals surface area contributed by atoms with Crippen LogP contribution in [0.4, 0.5) is 5.82 Å². The first kappa shape index (κ1) is 12.8. The van der Waals surface area contributed by atoms with Gasteiger partial charge in [-0.1, -0.05) is 5.16 Å². The quantitative estimate of drug-likeness (QED) is 0.944. The highest BCUT2D eigenvalue weighted by Gasteiger charge is 2.18. The molecular weight excluding hydrogens is 300 g/mol. The minimum absolute atomic E-state index is 0.196. The summed E-state index contributed by atoms with van der Waals surface area (Å²) in [6.07, 6.45) is 1.77. The predicted octanol–water partition coefficient (Wildman–Crippen LogP) is 2.45. The predicted molar refractivity (Wildman–Crippen MR) is 69.2 cm³/mol. The SMILES string of the molecule is Cc1cc(NC(=O)C(C)n2cc(Br)c(C)n2)no1. The van der Waals surface area contributed by atoms with Crippen LogP contribution in [0.25, 0.3) is 0 Å². The molecule has 0 spiro atoms. The molecule has 2 aromatic heterocycles. The van der Waals surface area contributed by atoms with E-state index in [1.54, 1.807) is 30.8 Å². The highest BCUT2D eigenvalue weighted by atomic mass is 79.9. The van der Waals surface area contributed by atoms with Gasteiger partial charge in [0.1, 0.15) is 11.8 Å². The maximum Gasteiger partial charge on any atom is 0.250 e. The lowest BCUT2D eigenvalue weighted by Gasteiger charge is -2.10. The van der Waals surface area contributed by atoms with Crippen LogP contribution in [0.2, 0.25) is 0 Å². The van der Waals surface area contributed by atoms with Crippen molar-refractivity contribution < 1.29 is 9.32 Å². The van der Waals surface area contributed by atoms with Crippen molar-refractivity contribution in [1.29, 1.82) is 0 Å². The van der Waals surface area contributed by atoms with E-state index >= 15 is 0 Å². The molecule has 0 aliphatic carbocycles. The van der Waals surface area contributed by atoms with Crippen molar-refractivity contribution in [2.24, 2.45) is 0 Å². The Morgan fingerprint density at radius 3 is 2.78 bits per heavy atom. The van der Waals surface area contributed by atoms with Crippen LogP contribution in [0.1, 0.15) is 24.4 Å². The van der Waals surface area contributed by atoms with Crippen molar-refractivity contribution in [1.82, 2.24) is 14.9 Å². The summed E-state index contributed by atoms with van der Waals surface area (Å²) in [5.41, 5.74) is 0.840. The maximum absolute atomic E-state index is 12.0. The van der Waals surface area contributed by atoms with Gasteiger partial charge in [0.25, 0.3) is 0 Å². The summed E-state index contributed by atoms with van der Waals surface area (Å²) in [5.74, 6) is 0.862. The average Bonchev–Trinajstić information content (AvgIpc) is 2.85. The summed E-state index contributed by atoms with van der Waals surface area (Å²) in [7, 11) is 0. The molecule has 1 unspecified atom stereocenters. The van der Waals surface area contributed by atoms with Gasteiger partial charge in [0, 0.05) is 12.3 Å². The van der Waals surface area contributed by atoms with Gasteiger partial charge >= 0.3 is 0 Å². The molecule has 0 saturated heterocycles. The molecule has 7 heteroatoms. The van der Waals surface area contributed by atoms with E-state index in [9.17, 15) is 4.79 Å². The Hall–Kier alpha value is -1.63. The van der Waals surface area contributed by atoms with Gasteiger partial charge in [0.15, 0.2) is 5.82 Å². The molecule has 96 valence electrons. The summed E-state index contributed by atoms with van der Waals surface area (Å²) in [5, 5.41) is 10.6. The highest BCUT2D eigenvalue weighted by molar-refractivity contribution is 9.10. The lowest BCUT2D eigenvalue weighted by atomic mass is 10.3. The molecule has 1 N–H and O–H groups in total. The monoisotopic (exact) mass is 312 g/mol. The maximum atomic E-state index is 12.0. The third-order valence-electron chi connectivity index (χ3n) is 2.51. The second-order valence-corrected chi connectivity index (χ2v) is 4.88. The normalized spacial score (nSPS) is 12.4. The van der Waals surface area contributed by atoms with E-state index in [0.717, 1.165) is 10.2 Å². The minimum atomic E-state index is -0.424. The number of anilines is 1. The minimum Gasteiger partial charge on any atom is -0.360 e. The molecule has 0 bridgehead atoms. The zero-order valence-electron chi connectivity index (χ0n) is 10.3. The molecule has 0 aliphatic heterocycles. The molecule has 0 saturated carbocycles. The third kappa shape index (κ3) is 2.61. The number of amides is 1. The van der Waals surface area contributed by atoms with E-state index < -0.39 is 6.04 Å². The van der Waals surface area contributed by atoms with E-state index in [2.05, 4.69) is 31.5 Å². The molecule has 6 nitrogen and oxygen atoms in total. The molecular formula is C11H13BrN4O2. The van der Waals surface area contributed by atoms with Gasteiger partial charge in [0.05, 0.1) is 10.2 Å². The van der Waals surface area contributed by atoms with Gasteiger partial charge in [-0.2, -0.15) is 5.10 Å². The van der Waals surface area contributed by atoms with Crippen molar-refractivity contribution in [3.63, 3.8) is 0 Å². The summed E-state index contributed by atoms with van der Waals surface area (Å²) in [6.45, 7) is 5.40. The fourth-order valence-electron chi connectivity index (χ4n) is 1.43. The lowest BCUT2D eigenvalue weighted by Crippen LogP contribution is -2.24. The van der Waals surface area contributed by atoms with Crippen molar-refractivity contribution in [3.05, 3.63) is 28.2 Å². The number of halogens is 1. The van der Waals surface area contributed by atoms with Crippen LogP contribution in [0, 0.1) is 13.8 Å². The topological polar surface area (TPSA) is 73.0 Å². The zero-order valence-corrected chi connectivity index (χ0v) is 11.9. The third-order valence-corrected chi connectivity index (χ3v) is 3.29. The first-order valence-corrected chi connectivity index (χ1v) is 6.22. The smallest absolute Gasteiger partial charge is 0.250 e. The molecule has 18 heavy (non-hydrogen) atoms. The van der Waals surface area contributed by atoms with E-state index in [-0.39, 0.29) is 5.91 Å². The van der Waals surface area contributed by atoms with Gasteiger partial charge in [-0.15, -0.1) is 0 Å². The molecule has 0 fully saturated rings. The fourth-order valence-corrected chi connectivity index (χ4v) is 1.72. The van der Waals surface area contributed by atoms with Gasteiger partial charge in [-0.25, -0.2) is 0 Å². The van der Waals surface area contributed by atoms with Crippen molar-refractivity contribution >= 4 is 27.7 Å². The summed E-state index contributed by atoms with van der Waals surface area (Å²) >= 11 is 3.36. The number of rotatable bonds is 3. The lowest BCUT2D eigenvalue weighted by molar-refractivity contribution is -0.119. The number of carbonyl (C=O) groups is 1. The van der Waals surface area contributed by atoms with Crippen LogP contribution in [0.3, 0.4) is 0 Å². The Bertz CT molecular complexity index is 556. The zero-order chi connectivity index (χ0) is 13.3. The van der Waals surface area contributed by atoms with Gasteiger partial charge < -0.3 is 9.84 Å². The second kappa shape index (κ2) is 4.93. The first-order chi connectivity index (χ1) is 8.47. The van der Waals surface area contributed by atoms with E-state index in [0.29, 0.717) is 11.6 Å². The number of carbonyl (C=O) groups excluding carboxylic acids is 1. The Morgan fingerprint density at radius 1 is 1.56 bits per heavy atom. The van der Waals surface area contributed by atoms with Crippen LogP contribution in [0.5, 0.6) is 0 Å². The number of nitrogens with zero attached hydrogens (tertiary/aromatic N) is 3. The highest BCUT2D eigenvalue weighted by Crippen LogP contribution is 2.17. The number of hydrogen-bond acceptors (Lipinski definition) is 4. The van der Waals surface area contributed by atoms with E-state index in [1.165, 1.54) is 0 Å². The van der Waals surface area contributed by atoms with Crippen molar-refractivity contribution in [2.45, 2.75) is 26.8 Å². The Balaban J connectivity index is 2.09. The van der Waals surface area contributed by atoms with Crippen molar-refractivity contribution in [2.75, 3.05) is 5.32 Å². The summed E-state index contributed by atoms with van der Waals surface area (Å²) in [6, 6.07) is 1.24. The first-order valence-electron chi connectivity index (χ1n) is 5.43. The van der Waals surface area contributed by atoms with E-state index in [4.69, 9.17) is 4.52 Å². The van der Waals surface area contributed by atoms with E-state index in [1.807, 2.05) is 6.92 Å². The molecule has 0 radical (unpaired) electrons. The number of hydrogen-bond donors (Lipinski definition) is 1. The summed E-state index contributed by atoms with van der Waals surface area (Å²) in [4.78, 5) is 12.0. The van der Waals surface area contributed by atoms with Crippen LogP contribution >= 0.6 is 15.9 Å². The molecule has 1 amide bonds. The largest absolute Gasteiger partial charge is 0.360 e. The van der Waals surface area contributed by atoms with Crippen LogP contribution in [-0.2, 0) is 4.79 Å². The molecule has 2 heterocycles. The van der Waals surface area contributed by atoms with Crippen LogP contribution < -0.4 is 5.32 Å². The molecule has 0 aliphatic rings. The fraction of sp³-hybridized carbons (Fsp3) is 0.364. The van der Waals surface area contributed by atoms with Crippen molar-refractivity contribution in [3.8, 4) is 0 Å². The Labute approximate surface area is 112 Å². The van der Waals surface area contributed by atoms with Crippen LogP contribution in [-0.4, -0.2) is 20.8 Å². The van der Waals surface area contributed by atoms with Crippen LogP contribution in [0.15, 0.2) is 21.3 Å². The van der Waals surface area contributed by atoms with Gasteiger partial charge in [-0.05, 0) is 36.7 Å². The molecule has 0 aromatic carbocycles. The number of aromatic nitrogens is 3. The second-order valence-electron chi connectivity index (χ2n) is 4.03.